The lowest BCUT2D eigenvalue weighted by atomic mass is 10.4. The summed E-state index contributed by atoms with van der Waals surface area (Å²) in [6.07, 6.45) is 2.81. The maximum atomic E-state index is 12.4. The Labute approximate surface area is 118 Å². The summed E-state index contributed by atoms with van der Waals surface area (Å²) in [7, 11) is -0.705. The topological polar surface area (TPSA) is 91.6 Å². The summed E-state index contributed by atoms with van der Waals surface area (Å²) >= 11 is 0. The first kappa shape index (κ1) is 16.4. The van der Waals surface area contributed by atoms with E-state index in [2.05, 4.69) is 11.9 Å². The highest BCUT2D eigenvalue weighted by molar-refractivity contribution is 7.89. The Bertz CT molecular complexity index is 592. The highest BCUT2D eigenvalue weighted by atomic mass is 32.2. The molecule has 0 aliphatic heterocycles. The van der Waals surface area contributed by atoms with Gasteiger partial charge in [-0.25, -0.2) is 8.42 Å². The fraction of sp³-hybridized carbons (Fsp3) is 0.417. The first-order valence-electron chi connectivity index (χ1n) is 5.98. The van der Waals surface area contributed by atoms with Crippen LogP contribution < -0.4 is 5.32 Å². The molecule has 112 valence electrons. The van der Waals surface area contributed by atoms with Crippen LogP contribution >= 0.6 is 0 Å². The van der Waals surface area contributed by atoms with Crippen molar-refractivity contribution in [2.75, 3.05) is 26.7 Å². The van der Waals surface area contributed by atoms with Gasteiger partial charge in [0.25, 0.3) is 5.91 Å². The maximum absolute atomic E-state index is 12.4. The number of aliphatic hydroxyl groups excluding tert-OH is 1. The normalized spacial score (nSPS) is 11.6. The quantitative estimate of drug-likeness (QED) is 0.668. The molecule has 2 N–H and O–H groups in total. The Balaban J connectivity index is 3.20. The second kappa shape index (κ2) is 6.69. The molecule has 0 spiro atoms. The van der Waals surface area contributed by atoms with Crippen LogP contribution in [0.3, 0.4) is 0 Å². The van der Waals surface area contributed by atoms with Crippen LogP contribution in [-0.4, -0.2) is 55.0 Å². The summed E-state index contributed by atoms with van der Waals surface area (Å²) in [5.41, 5.74) is 0.244. The number of nitrogens with one attached hydrogen (secondary N) is 1. The van der Waals surface area contributed by atoms with Crippen molar-refractivity contribution in [3.63, 3.8) is 0 Å². The zero-order valence-electron chi connectivity index (χ0n) is 11.5. The lowest BCUT2D eigenvalue weighted by Gasteiger charge is -2.18. The molecule has 0 saturated heterocycles. The number of hydrogen-bond donors (Lipinski definition) is 2. The number of aryl methyl sites for hydroxylation is 1. The van der Waals surface area contributed by atoms with Crippen molar-refractivity contribution in [3.8, 4) is 0 Å². The third-order valence-corrected chi connectivity index (χ3v) is 4.59. The number of sulfonamides is 1. The van der Waals surface area contributed by atoms with Gasteiger partial charge in [-0.15, -0.1) is 6.58 Å². The molecule has 7 nitrogen and oxygen atoms in total. The van der Waals surface area contributed by atoms with Gasteiger partial charge in [0.1, 0.15) is 10.6 Å². The molecule has 0 aliphatic carbocycles. The van der Waals surface area contributed by atoms with E-state index >= 15 is 0 Å². The summed E-state index contributed by atoms with van der Waals surface area (Å²) < 4.78 is 27.4. The zero-order valence-corrected chi connectivity index (χ0v) is 12.4. The van der Waals surface area contributed by atoms with Crippen molar-refractivity contribution >= 4 is 15.9 Å². The van der Waals surface area contributed by atoms with Gasteiger partial charge in [-0.05, 0) is 6.07 Å². The molecule has 1 aromatic heterocycles. The monoisotopic (exact) mass is 301 g/mol. The summed E-state index contributed by atoms with van der Waals surface area (Å²) in [5.74, 6) is -0.369. The van der Waals surface area contributed by atoms with Crippen molar-refractivity contribution < 1.29 is 18.3 Å². The molecule has 20 heavy (non-hydrogen) atoms. The Morgan fingerprint density at radius 1 is 1.60 bits per heavy atom. The van der Waals surface area contributed by atoms with Crippen LogP contribution in [-0.2, 0) is 17.1 Å². The third kappa shape index (κ3) is 3.27. The average molecular weight is 301 g/mol. The van der Waals surface area contributed by atoms with E-state index in [1.165, 1.54) is 30.0 Å². The first-order valence-corrected chi connectivity index (χ1v) is 7.42. The largest absolute Gasteiger partial charge is 0.395 e. The summed E-state index contributed by atoms with van der Waals surface area (Å²) in [5, 5.41) is 11.4. The summed E-state index contributed by atoms with van der Waals surface area (Å²) in [4.78, 5) is 11.6. The molecular weight excluding hydrogens is 282 g/mol. The lowest BCUT2D eigenvalue weighted by molar-refractivity contribution is 0.0955. The van der Waals surface area contributed by atoms with Crippen molar-refractivity contribution in [2.45, 2.75) is 4.90 Å². The number of carbonyl (C=O) groups excluding carboxylic acids is 1. The SMILES string of the molecule is C=CCN(CCO)S(=O)(=O)c1cc(C(=O)NC)n(C)c1. The molecule has 0 radical (unpaired) electrons. The smallest absolute Gasteiger partial charge is 0.267 e. The van der Waals surface area contributed by atoms with Crippen LogP contribution in [0.25, 0.3) is 0 Å². The minimum absolute atomic E-state index is 0.00824. The van der Waals surface area contributed by atoms with Gasteiger partial charge in [0, 0.05) is 33.4 Å². The molecule has 1 aromatic rings. The van der Waals surface area contributed by atoms with Gasteiger partial charge < -0.3 is 15.0 Å². The van der Waals surface area contributed by atoms with Gasteiger partial charge in [0.2, 0.25) is 10.0 Å². The number of rotatable bonds is 7. The summed E-state index contributed by atoms with van der Waals surface area (Å²) in [6, 6.07) is 1.31. The van der Waals surface area contributed by atoms with E-state index in [0.29, 0.717) is 0 Å². The highest BCUT2D eigenvalue weighted by Crippen LogP contribution is 2.18. The van der Waals surface area contributed by atoms with E-state index in [1.54, 1.807) is 7.05 Å². The Morgan fingerprint density at radius 2 is 2.25 bits per heavy atom. The standard InChI is InChI=1S/C12H19N3O4S/c1-4-5-15(6-7-16)20(18,19)10-8-11(12(17)13-2)14(3)9-10/h4,8-9,16H,1,5-7H2,2-3H3,(H,13,17). The Hall–Kier alpha value is -1.64. The minimum Gasteiger partial charge on any atom is -0.395 e. The zero-order chi connectivity index (χ0) is 15.3. The predicted molar refractivity (Wildman–Crippen MR) is 74.8 cm³/mol. The maximum Gasteiger partial charge on any atom is 0.267 e. The molecule has 0 fully saturated rings. The molecule has 0 unspecified atom stereocenters. The van der Waals surface area contributed by atoms with Crippen molar-refractivity contribution in [3.05, 3.63) is 30.6 Å². The van der Waals surface area contributed by atoms with Gasteiger partial charge in [-0.2, -0.15) is 4.31 Å². The minimum atomic E-state index is -3.77. The molecule has 1 rings (SSSR count). The van der Waals surface area contributed by atoms with Gasteiger partial charge in [-0.1, -0.05) is 6.08 Å². The predicted octanol–water partition coefficient (Wildman–Crippen LogP) is -0.446. The average Bonchev–Trinajstić information content (AvgIpc) is 2.80. The van der Waals surface area contributed by atoms with E-state index in [9.17, 15) is 13.2 Å². The number of nitrogens with zero attached hydrogens (tertiary/aromatic N) is 2. The van der Waals surface area contributed by atoms with Crippen LogP contribution in [0.2, 0.25) is 0 Å². The number of aliphatic hydroxyl groups is 1. The van der Waals surface area contributed by atoms with Gasteiger partial charge >= 0.3 is 0 Å². The van der Waals surface area contributed by atoms with Gasteiger partial charge in [0.05, 0.1) is 6.61 Å². The van der Waals surface area contributed by atoms with Gasteiger partial charge in [0.15, 0.2) is 0 Å². The van der Waals surface area contributed by atoms with E-state index in [-0.39, 0.29) is 36.2 Å². The number of carbonyl (C=O) groups is 1. The molecule has 0 aliphatic rings. The fourth-order valence-corrected chi connectivity index (χ4v) is 3.22. The van der Waals surface area contributed by atoms with Crippen LogP contribution in [0.15, 0.2) is 29.8 Å². The molecule has 1 amide bonds. The highest BCUT2D eigenvalue weighted by Gasteiger charge is 2.26. The second-order valence-corrected chi connectivity index (χ2v) is 6.06. The molecule has 8 heteroatoms. The molecule has 0 atom stereocenters. The molecule has 0 bridgehead atoms. The number of amides is 1. The molecule has 1 heterocycles. The first-order chi connectivity index (χ1) is 9.38. The van der Waals surface area contributed by atoms with Crippen LogP contribution in [0.1, 0.15) is 10.5 Å². The van der Waals surface area contributed by atoms with Crippen LogP contribution in [0.5, 0.6) is 0 Å². The van der Waals surface area contributed by atoms with Crippen molar-refractivity contribution in [2.24, 2.45) is 7.05 Å². The van der Waals surface area contributed by atoms with Crippen LogP contribution in [0.4, 0.5) is 0 Å². The molecule has 0 saturated carbocycles. The van der Waals surface area contributed by atoms with E-state index in [0.717, 1.165) is 4.31 Å². The van der Waals surface area contributed by atoms with E-state index in [4.69, 9.17) is 5.11 Å². The summed E-state index contributed by atoms with van der Waals surface area (Å²) in [6.45, 7) is 3.27. The van der Waals surface area contributed by atoms with Crippen molar-refractivity contribution in [1.82, 2.24) is 14.2 Å². The third-order valence-electron chi connectivity index (χ3n) is 2.76. The molecule has 0 aromatic carbocycles. The lowest BCUT2D eigenvalue weighted by Crippen LogP contribution is -2.33. The van der Waals surface area contributed by atoms with Crippen LogP contribution in [0, 0.1) is 0 Å². The van der Waals surface area contributed by atoms with Crippen molar-refractivity contribution in [1.29, 1.82) is 0 Å². The fourth-order valence-electron chi connectivity index (χ4n) is 1.74. The van der Waals surface area contributed by atoms with E-state index < -0.39 is 10.0 Å². The Morgan fingerprint density at radius 3 is 2.75 bits per heavy atom. The number of hydrogen-bond acceptors (Lipinski definition) is 4. The number of aromatic nitrogens is 1. The van der Waals surface area contributed by atoms with E-state index in [1.807, 2.05) is 0 Å². The van der Waals surface area contributed by atoms with Gasteiger partial charge in [-0.3, -0.25) is 4.79 Å². The second-order valence-electron chi connectivity index (χ2n) is 4.13. The Kier molecular flexibility index (Phi) is 5.49. The molecular formula is C12H19N3O4S.